The second kappa shape index (κ2) is 3.39. The lowest BCUT2D eigenvalue weighted by atomic mass is 10.4. The topological polar surface area (TPSA) is 53.1 Å². The van der Waals surface area contributed by atoms with Crippen molar-refractivity contribution in [3.8, 4) is 5.88 Å². The van der Waals surface area contributed by atoms with Crippen molar-refractivity contribution in [3.63, 3.8) is 0 Å². The standard InChI is InChI=1S/C7H10F3N3O/c1-4(7(8,9)10)14-6-5(11)3-13(2)12-6/h3-4H,11H2,1-2H3/t4-/m1/s1. The van der Waals surface area contributed by atoms with Crippen LogP contribution in [0.25, 0.3) is 0 Å². The van der Waals surface area contributed by atoms with E-state index in [9.17, 15) is 13.2 Å². The number of rotatable bonds is 2. The molecule has 1 heterocycles. The Morgan fingerprint density at radius 1 is 1.57 bits per heavy atom. The molecule has 0 aliphatic carbocycles. The van der Waals surface area contributed by atoms with Crippen molar-refractivity contribution >= 4 is 5.69 Å². The summed E-state index contributed by atoms with van der Waals surface area (Å²) >= 11 is 0. The van der Waals surface area contributed by atoms with E-state index in [1.165, 1.54) is 10.9 Å². The van der Waals surface area contributed by atoms with Gasteiger partial charge in [-0.15, -0.1) is 5.10 Å². The van der Waals surface area contributed by atoms with Crippen molar-refractivity contribution < 1.29 is 17.9 Å². The zero-order valence-corrected chi connectivity index (χ0v) is 7.67. The van der Waals surface area contributed by atoms with Gasteiger partial charge in [-0.25, -0.2) is 0 Å². The van der Waals surface area contributed by atoms with Crippen molar-refractivity contribution in [1.29, 1.82) is 0 Å². The van der Waals surface area contributed by atoms with Gasteiger partial charge in [0, 0.05) is 7.05 Å². The summed E-state index contributed by atoms with van der Waals surface area (Å²) < 4.78 is 42.1. The number of aromatic nitrogens is 2. The highest BCUT2D eigenvalue weighted by atomic mass is 19.4. The van der Waals surface area contributed by atoms with E-state index in [-0.39, 0.29) is 11.6 Å². The van der Waals surface area contributed by atoms with E-state index in [1.54, 1.807) is 7.05 Å². The Bertz CT molecular complexity index is 320. The summed E-state index contributed by atoms with van der Waals surface area (Å²) in [4.78, 5) is 0. The van der Waals surface area contributed by atoms with Crippen LogP contribution in [0.1, 0.15) is 6.92 Å². The van der Waals surface area contributed by atoms with Crippen LogP contribution in [0, 0.1) is 0 Å². The van der Waals surface area contributed by atoms with E-state index in [1.807, 2.05) is 0 Å². The van der Waals surface area contributed by atoms with Gasteiger partial charge < -0.3 is 10.5 Å². The Morgan fingerprint density at radius 3 is 2.50 bits per heavy atom. The van der Waals surface area contributed by atoms with Crippen LogP contribution >= 0.6 is 0 Å². The molecule has 0 saturated carbocycles. The van der Waals surface area contributed by atoms with E-state index < -0.39 is 12.3 Å². The van der Waals surface area contributed by atoms with Gasteiger partial charge in [-0.05, 0) is 6.92 Å². The minimum Gasteiger partial charge on any atom is -0.462 e. The van der Waals surface area contributed by atoms with Gasteiger partial charge in [0.25, 0.3) is 5.88 Å². The fraction of sp³-hybridized carbons (Fsp3) is 0.571. The van der Waals surface area contributed by atoms with E-state index in [0.29, 0.717) is 0 Å². The van der Waals surface area contributed by atoms with Gasteiger partial charge in [0.1, 0.15) is 5.69 Å². The highest BCUT2D eigenvalue weighted by Gasteiger charge is 2.38. The summed E-state index contributed by atoms with van der Waals surface area (Å²) in [5, 5.41) is 3.63. The first-order chi connectivity index (χ1) is 6.30. The monoisotopic (exact) mass is 209 g/mol. The van der Waals surface area contributed by atoms with Crippen LogP contribution in [0.3, 0.4) is 0 Å². The second-order valence-corrected chi connectivity index (χ2v) is 2.86. The minimum absolute atomic E-state index is 0.0867. The number of anilines is 1. The molecule has 0 aliphatic rings. The number of hydrogen-bond donors (Lipinski definition) is 1. The molecule has 0 saturated heterocycles. The molecule has 14 heavy (non-hydrogen) atoms. The van der Waals surface area contributed by atoms with Gasteiger partial charge in [-0.2, -0.15) is 13.2 Å². The molecule has 4 nitrogen and oxygen atoms in total. The summed E-state index contributed by atoms with van der Waals surface area (Å²) in [7, 11) is 1.54. The number of ether oxygens (including phenoxy) is 1. The Balaban J connectivity index is 2.74. The number of alkyl halides is 3. The van der Waals surface area contributed by atoms with Crippen LogP contribution < -0.4 is 10.5 Å². The van der Waals surface area contributed by atoms with Gasteiger partial charge in [0.15, 0.2) is 6.10 Å². The average Bonchev–Trinajstić information content (AvgIpc) is 2.28. The number of nitrogens with zero attached hydrogens (tertiary/aromatic N) is 2. The van der Waals surface area contributed by atoms with E-state index >= 15 is 0 Å². The molecule has 0 radical (unpaired) electrons. The SMILES string of the molecule is C[C@@H](Oc1nn(C)cc1N)C(F)(F)F. The highest BCUT2D eigenvalue weighted by Crippen LogP contribution is 2.26. The maximum Gasteiger partial charge on any atom is 0.425 e. The molecule has 1 atom stereocenters. The number of halogens is 3. The molecule has 2 N–H and O–H groups in total. The van der Waals surface area contributed by atoms with Gasteiger partial charge >= 0.3 is 6.18 Å². The van der Waals surface area contributed by atoms with E-state index in [4.69, 9.17) is 5.73 Å². The first kappa shape index (κ1) is 10.7. The maximum absolute atomic E-state index is 12.1. The predicted octanol–water partition coefficient (Wildman–Crippen LogP) is 1.33. The molecule has 0 amide bonds. The lowest BCUT2D eigenvalue weighted by Gasteiger charge is -2.15. The lowest BCUT2D eigenvalue weighted by Crippen LogP contribution is -2.31. The number of aryl methyl sites for hydroxylation is 1. The molecule has 7 heteroatoms. The number of nitrogens with two attached hydrogens (primary N) is 1. The minimum atomic E-state index is -4.41. The third kappa shape index (κ3) is 2.30. The third-order valence-electron chi connectivity index (χ3n) is 1.57. The van der Waals surface area contributed by atoms with Gasteiger partial charge in [0.2, 0.25) is 0 Å². The zero-order valence-electron chi connectivity index (χ0n) is 7.67. The number of hydrogen-bond acceptors (Lipinski definition) is 3. The molecule has 0 spiro atoms. The van der Waals surface area contributed by atoms with Crippen LogP contribution in [0.2, 0.25) is 0 Å². The van der Waals surface area contributed by atoms with Gasteiger partial charge in [0.05, 0.1) is 6.20 Å². The first-order valence-electron chi connectivity index (χ1n) is 3.83. The van der Waals surface area contributed by atoms with Crippen molar-refractivity contribution in [3.05, 3.63) is 6.20 Å². The maximum atomic E-state index is 12.1. The highest BCUT2D eigenvalue weighted by molar-refractivity contribution is 5.45. The van der Waals surface area contributed by atoms with E-state index in [2.05, 4.69) is 9.84 Å². The van der Waals surface area contributed by atoms with Crippen molar-refractivity contribution in [1.82, 2.24) is 9.78 Å². The molecule has 0 unspecified atom stereocenters. The molecule has 0 aliphatic heterocycles. The molecular formula is C7H10F3N3O. The fourth-order valence-electron chi connectivity index (χ4n) is 0.812. The Morgan fingerprint density at radius 2 is 2.14 bits per heavy atom. The largest absolute Gasteiger partial charge is 0.462 e. The summed E-state index contributed by atoms with van der Waals surface area (Å²) in [6.07, 6.45) is -4.96. The fourth-order valence-corrected chi connectivity index (χ4v) is 0.812. The molecule has 0 fully saturated rings. The van der Waals surface area contributed by atoms with Crippen molar-refractivity contribution in [2.45, 2.75) is 19.2 Å². The molecule has 80 valence electrons. The van der Waals surface area contributed by atoms with Crippen LogP contribution in [0.5, 0.6) is 5.88 Å². The second-order valence-electron chi connectivity index (χ2n) is 2.86. The average molecular weight is 209 g/mol. The molecule has 1 aromatic heterocycles. The van der Waals surface area contributed by atoms with Crippen LogP contribution in [-0.2, 0) is 7.05 Å². The predicted molar refractivity (Wildman–Crippen MR) is 43.8 cm³/mol. The van der Waals surface area contributed by atoms with Gasteiger partial charge in [-0.3, -0.25) is 4.68 Å². The molecule has 0 aromatic carbocycles. The summed E-state index contributed by atoms with van der Waals surface area (Å²) in [6, 6.07) is 0. The molecule has 1 aromatic rings. The van der Waals surface area contributed by atoms with Crippen molar-refractivity contribution in [2.75, 3.05) is 5.73 Å². The normalized spacial score (nSPS) is 14.1. The summed E-state index contributed by atoms with van der Waals surface area (Å²) in [5.41, 5.74) is 5.44. The Kier molecular flexibility index (Phi) is 2.59. The van der Waals surface area contributed by atoms with E-state index in [0.717, 1.165) is 6.92 Å². The quantitative estimate of drug-likeness (QED) is 0.799. The van der Waals surface area contributed by atoms with Crippen molar-refractivity contribution in [2.24, 2.45) is 7.05 Å². The Hall–Kier alpha value is -1.40. The third-order valence-corrected chi connectivity index (χ3v) is 1.57. The first-order valence-corrected chi connectivity index (χ1v) is 3.83. The molecule has 1 rings (SSSR count). The summed E-state index contributed by atoms with van der Waals surface area (Å²) in [6.45, 7) is 0.897. The van der Waals surface area contributed by atoms with Crippen LogP contribution in [0.4, 0.5) is 18.9 Å². The Labute approximate surface area is 78.4 Å². The molecule has 0 bridgehead atoms. The van der Waals surface area contributed by atoms with Gasteiger partial charge in [-0.1, -0.05) is 0 Å². The smallest absolute Gasteiger partial charge is 0.425 e. The zero-order chi connectivity index (χ0) is 10.9. The lowest BCUT2D eigenvalue weighted by molar-refractivity contribution is -0.189. The summed E-state index contributed by atoms with van der Waals surface area (Å²) in [5.74, 6) is -0.197. The van der Waals surface area contributed by atoms with Crippen LogP contribution in [-0.4, -0.2) is 22.1 Å². The molecular weight excluding hydrogens is 199 g/mol. The number of nitrogen functional groups attached to an aromatic ring is 1. The van der Waals surface area contributed by atoms with Crippen LogP contribution in [0.15, 0.2) is 6.20 Å².